The zero-order chi connectivity index (χ0) is 11.5. The van der Waals surface area contributed by atoms with Crippen molar-refractivity contribution >= 4 is 12.4 Å². The third-order valence-corrected chi connectivity index (χ3v) is 1.96. The lowest BCUT2D eigenvalue weighted by atomic mass is 10.1. The summed E-state index contributed by atoms with van der Waals surface area (Å²) in [6.45, 7) is 1.86. The van der Waals surface area contributed by atoms with Crippen LogP contribution in [0.3, 0.4) is 0 Å². The minimum absolute atomic E-state index is 0. The maximum Gasteiger partial charge on any atom is 0.573 e. The van der Waals surface area contributed by atoms with E-state index in [0.29, 0.717) is 12.0 Å². The molecule has 1 aromatic rings. The molecule has 0 aliphatic rings. The highest BCUT2D eigenvalue weighted by Crippen LogP contribution is 2.25. The summed E-state index contributed by atoms with van der Waals surface area (Å²) in [6.07, 6.45) is -4.00. The molecule has 0 fully saturated rings. The summed E-state index contributed by atoms with van der Waals surface area (Å²) in [5.41, 5.74) is 6.33. The Kier molecular flexibility index (Phi) is 5.61. The number of rotatable bonds is 3. The zero-order valence-electron chi connectivity index (χ0n) is 8.62. The number of ether oxygens (including phenoxy) is 1. The van der Waals surface area contributed by atoms with Crippen molar-refractivity contribution in [3.8, 4) is 5.75 Å². The van der Waals surface area contributed by atoms with Gasteiger partial charge in [0.25, 0.3) is 0 Å². The van der Waals surface area contributed by atoms with Crippen molar-refractivity contribution in [3.05, 3.63) is 29.8 Å². The highest BCUT2D eigenvalue weighted by Gasteiger charge is 2.31. The smallest absolute Gasteiger partial charge is 0.406 e. The molecule has 0 aromatic heterocycles. The van der Waals surface area contributed by atoms with Gasteiger partial charge in [0, 0.05) is 6.04 Å². The van der Waals surface area contributed by atoms with E-state index >= 15 is 0 Å². The van der Waals surface area contributed by atoms with Crippen molar-refractivity contribution in [2.24, 2.45) is 5.73 Å². The Hall–Kier alpha value is -0.940. The fraction of sp³-hybridized carbons (Fsp3) is 0.400. The first-order valence-corrected chi connectivity index (χ1v) is 4.53. The average Bonchev–Trinajstić information content (AvgIpc) is 2.14. The molecule has 0 amide bonds. The average molecular weight is 256 g/mol. The van der Waals surface area contributed by atoms with Crippen molar-refractivity contribution in [2.75, 3.05) is 0 Å². The van der Waals surface area contributed by atoms with Crippen LogP contribution >= 0.6 is 12.4 Å². The number of halogens is 4. The molecule has 0 radical (unpaired) electrons. The summed E-state index contributed by atoms with van der Waals surface area (Å²) < 4.78 is 39.5. The molecular weight excluding hydrogens is 243 g/mol. The van der Waals surface area contributed by atoms with Gasteiger partial charge in [-0.1, -0.05) is 19.1 Å². The maximum atomic E-state index is 11.9. The Morgan fingerprint density at radius 2 is 2.00 bits per heavy atom. The Bertz CT molecular complexity index is 330. The van der Waals surface area contributed by atoms with Gasteiger partial charge in [-0.25, -0.2) is 0 Å². The van der Waals surface area contributed by atoms with Gasteiger partial charge >= 0.3 is 6.36 Å². The molecule has 0 aliphatic carbocycles. The Balaban J connectivity index is 0.00000225. The third kappa shape index (κ3) is 4.72. The molecule has 1 atom stereocenters. The van der Waals surface area contributed by atoms with Gasteiger partial charge in [-0.2, -0.15) is 0 Å². The predicted octanol–water partition coefficient (Wildman–Crippen LogP) is 3.42. The van der Waals surface area contributed by atoms with Crippen LogP contribution in [0.25, 0.3) is 0 Å². The molecule has 1 unspecified atom stereocenters. The Labute approximate surface area is 98.0 Å². The fourth-order valence-corrected chi connectivity index (χ4v) is 1.18. The molecule has 0 saturated carbocycles. The highest BCUT2D eigenvalue weighted by molar-refractivity contribution is 5.85. The van der Waals surface area contributed by atoms with Gasteiger partial charge in [-0.05, 0) is 24.1 Å². The molecule has 2 N–H and O–H groups in total. The van der Waals surface area contributed by atoms with E-state index < -0.39 is 6.36 Å². The molecule has 0 spiro atoms. The summed E-state index contributed by atoms with van der Waals surface area (Å²) in [5.74, 6) is -0.232. The second-order valence-corrected chi connectivity index (χ2v) is 3.14. The van der Waals surface area contributed by atoms with Crippen LogP contribution in [0, 0.1) is 0 Å². The number of hydrogen-bond acceptors (Lipinski definition) is 2. The van der Waals surface area contributed by atoms with E-state index in [0.717, 1.165) is 0 Å². The maximum absolute atomic E-state index is 11.9. The summed E-state index contributed by atoms with van der Waals surface area (Å²) in [5, 5.41) is 0. The molecule has 92 valence electrons. The van der Waals surface area contributed by atoms with E-state index in [1.54, 1.807) is 6.07 Å². The van der Waals surface area contributed by atoms with Gasteiger partial charge < -0.3 is 10.5 Å². The first kappa shape index (κ1) is 15.1. The van der Waals surface area contributed by atoms with Gasteiger partial charge in [0.15, 0.2) is 0 Å². The summed E-state index contributed by atoms with van der Waals surface area (Å²) in [6, 6.07) is 5.46. The van der Waals surface area contributed by atoms with E-state index in [4.69, 9.17) is 5.73 Å². The normalized spacial score (nSPS) is 12.8. The van der Waals surface area contributed by atoms with Crippen LogP contribution in [-0.2, 0) is 0 Å². The third-order valence-electron chi connectivity index (χ3n) is 1.96. The molecule has 2 nitrogen and oxygen atoms in total. The van der Waals surface area contributed by atoms with E-state index in [1.807, 2.05) is 6.92 Å². The van der Waals surface area contributed by atoms with Crippen LogP contribution < -0.4 is 10.5 Å². The lowest BCUT2D eigenvalue weighted by Crippen LogP contribution is -2.17. The first-order valence-electron chi connectivity index (χ1n) is 4.53. The van der Waals surface area contributed by atoms with Gasteiger partial charge in [0.2, 0.25) is 0 Å². The van der Waals surface area contributed by atoms with Gasteiger partial charge in [0.05, 0.1) is 0 Å². The molecule has 1 rings (SSSR count). The lowest BCUT2D eigenvalue weighted by Gasteiger charge is -2.12. The molecule has 16 heavy (non-hydrogen) atoms. The topological polar surface area (TPSA) is 35.2 Å². The van der Waals surface area contributed by atoms with Gasteiger partial charge in [0.1, 0.15) is 5.75 Å². The SMILES string of the molecule is CCC(N)c1cccc(OC(F)(F)F)c1.Cl. The summed E-state index contributed by atoms with van der Waals surface area (Å²) in [7, 11) is 0. The molecular formula is C10H13ClF3NO. The minimum Gasteiger partial charge on any atom is -0.406 e. The Morgan fingerprint density at radius 3 is 2.50 bits per heavy atom. The standard InChI is InChI=1S/C10H12F3NO.ClH/c1-2-9(14)7-4-3-5-8(6-7)15-10(11,12)13;/h3-6,9H,2,14H2,1H3;1H. The number of alkyl halides is 3. The zero-order valence-corrected chi connectivity index (χ0v) is 9.44. The molecule has 0 saturated heterocycles. The largest absolute Gasteiger partial charge is 0.573 e. The molecule has 6 heteroatoms. The van der Waals surface area contributed by atoms with Crippen LogP contribution in [0.5, 0.6) is 5.75 Å². The van der Waals surface area contributed by atoms with Crippen molar-refractivity contribution in [3.63, 3.8) is 0 Å². The summed E-state index contributed by atoms with van der Waals surface area (Å²) >= 11 is 0. The van der Waals surface area contributed by atoms with Crippen LogP contribution in [0.15, 0.2) is 24.3 Å². The second-order valence-electron chi connectivity index (χ2n) is 3.14. The number of benzene rings is 1. The van der Waals surface area contributed by atoms with Crippen LogP contribution in [-0.4, -0.2) is 6.36 Å². The number of hydrogen-bond donors (Lipinski definition) is 1. The predicted molar refractivity (Wildman–Crippen MR) is 57.6 cm³/mol. The summed E-state index contributed by atoms with van der Waals surface area (Å²) in [4.78, 5) is 0. The fourth-order valence-electron chi connectivity index (χ4n) is 1.18. The quantitative estimate of drug-likeness (QED) is 0.898. The van der Waals surface area contributed by atoms with Crippen molar-refractivity contribution in [1.82, 2.24) is 0 Å². The molecule has 0 aliphatic heterocycles. The minimum atomic E-state index is -4.66. The van der Waals surface area contributed by atoms with Crippen LogP contribution in [0.2, 0.25) is 0 Å². The molecule has 0 bridgehead atoms. The first-order chi connectivity index (χ1) is 6.92. The molecule has 1 aromatic carbocycles. The highest BCUT2D eigenvalue weighted by atomic mass is 35.5. The van der Waals surface area contributed by atoms with E-state index in [9.17, 15) is 13.2 Å². The van der Waals surface area contributed by atoms with Crippen LogP contribution in [0.4, 0.5) is 13.2 Å². The lowest BCUT2D eigenvalue weighted by molar-refractivity contribution is -0.274. The van der Waals surface area contributed by atoms with E-state index in [2.05, 4.69) is 4.74 Å². The van der Waals surface area contributed by atoms with Crippen molar-refractivity contribution in [2.45, 2.75) is 25.7 Å². The van der Waals surface area contributed by atoms with Gasteiger partial charge in [-0.3, -0.25) is 0 Å². The van der Waals surface area contributed by atoms with Gasteiger partial charge in [-0.15, -0.1) is 25.6 Å². The second kappa shape index (κ2) is 5.96. The monoisotopic (exact) mass is 255 g/mol. The van der Waals surface area contributed by atoms with Crippen molar-refractivity contribution in [1.29, 1.82) is 0 Å². The number of nitrogens with two attached hydrogens (primary N) is 1. The molecule has 0 heterocycles. The van der Waals surface area contributed by atoms with Crippen molar-refractivity contribution < 1.29 is 17.9 Å². The van der Waals surface area contributed by atoms with E-state index in [-0.39, 0.29) is 24.2 Å². The van der Waals surface area contributed by atoms with E-state index in [1.165, 1.54) is 18.2 Å². The Morgan fingerprint density at radius 1 is 1.38 bits per heavy atom. The van der Waals surface area contributed by atoms with Crippen LogP contribution in [0.1, 0.15) is 24.9 Å².